The number of rotatable bonds is 5. The number of nitrogens with one attached hydrogen (secondary N) is 1. The Labute approximate surface area is 119 Å². The van der Waals surface area contributed by atoms with E-state index >= 15 is 0 Å². The zero-order valence-corrected chi connectivity index (χ0v) is 12.5. The summed E-state index contributed by atoms with van der Waals surface area (Å²) in [6, 6.07) is 4.94. The van der Waals surface area contributed by atoms with Crippen LogP contribution >= 0.6 is 11.6 Å². The summed E-state index contributed by atoms with van der Waals surface area (Å²) in [6.07, 6.45) is 0.262. The predicted molar refractivity (Wildman–Crippen MR) is 79.4 cm³/mol. The highest BCUT2D eigenvalue weighted by Crippen LogP contribution is 2.24. The molecule has 5 heteroatoms. The molecule has 1 atom stereocenters. The third-order valence-corrected chi connectivity index (χ3v) is 3.22. The average Bonchev–Trinajstić information content (AvgIpc) is 2.33. The van der Waals surface area contributed by atoms with Crippen LogP contribution in [0.5, 0.6) is 0 Å². The Kier molecular flexibility index (Phi) is 5.20. The molecular formula is C14H21ClN2O2. The van der Waals surface area contributed by atoms with Gasteiger partial charge in [-0.25, -0.2) is 0 Å². The van der Waals surface area contributed by atoms with Crippen LogP contribution in [0.3, 0.4) is 0 Å². The van der Waals surface area contributed by atoms with Crippen LogP contribution in [0, 0.1) is 0 Å². The molecule has 0 heterocycles. The van der Waals surface area contributed by atoms with Crippen LogP contribution in [0.2, 0.25) is 5.02 Å². The topological polar surface area (TPSA) is 64.3 Å². The van der Waals surface area contributed by atoms with Gasteiger partial charge in [0.25, 0.3) is 5.91 Å². The van der Waals surface area contributed by atoms with Crippen LogP contribution in [0.25, 0.3) is 0 Å². The fourth-order valence-corrected chi connectivity index (χ4v) is 1.66. The molecule has 0 bridgehead atoms. The number of amides is 1. The Morgan fingerprint density at radius 2 is 2.16 bits per heavy atom. The summed E-state index contributed by atoms with van der Waals surface area (Å²) in [5.74, 6) is -0.240. The second kappa shape index (κ2) is 6.26. The number of hydrogen-bond donors (Lipinski definition) is 2. The predicted octanol–water partition coefficient (Wildman–Crippen LogP) is 3.45. The number of nitrogens with two attached hydrogens (primary N) is 1. The van der Waals surface area contributed by atoms with Gasteiger partial charge >= 0.3 is 0 Å². The number of anilines is 2. The lowest BCUT2D eigenvalue weighted by Gasteiger charge is -2.27. The van der Waals surface area contributed by atoms with Gasteiger partial charge in [-0.1, -0.05) is 18.5 Å². The summed E-state index contributed by atoms with van der Waals surface area (Å²) < 4.78 is 5.71. The first-order valence-electron chi connectivity index (χ1n) is 6.29. The van der Waals surface area contributed by atoms with Crippen LogP contribution in [0.1, 0.15) is 34.1 Å². The highest BCUT2D eigenvalue weighted by atomic mass is 35.5. The molecule has 1 rings (SSSR count). The molecule has 0 spiro atoms. The molecule has 0 aliphatic rings. The van der Waals surface area contributed by atoms with Crippen molar-refractivity contribution in [1.82, 2.24) is 0 Å². The zero-order valence-electron chi connectivity index (χ0n) is 11.8. The van der Waals surface area contributed by atoms with Gasteiger partial charge in [0.05, 0.1) is 17.0 Å². The molecule has 3 N–H and O–H groups in total. The van der Waals surface area contributed by atoms with E-state index in [9.17, 15) is 4.79 Å². The third-order valence-electron chi connectivity index (χ3n) is 2.99. The summed E-state index contributed by atoms with van der Waals surface area (Å²) in [5.41, 5.74) is 6.41. The van der Waals surface area contributed by atoms with E-state index in [1.54, 1.807) is 25.1 Å². The molecule has 0 aliphatic carbocycles. The van der Waals surface area contributed by atoms with Crippen molar-refractivity contribution in [1.29, 1.82) is 0 Å². The largest absolute Gasteiger partial charge is 0.397 e. The lowest BCUT2D eigenvalue weighted by Crippen LogP contribution is -2.36. The quantitative estimate of drug-likeness (QED) is 0.814. The van der Waals surface area contributed by atoms with E-state index in [0.717, 1.165) is 6.42 Å². The van der Waals surface area contributed by atoms with Crippen molar-refractivity contribution >= 4 is 28.9 Å². The molecule has 1 aromatic carbocycles. The SMILES string of the molecule is CCC(C)(C)OC(C)C(=O)Nc1cc(Cl)ccc1N. The Balaban J connectivity index is 2.71. The van der Waals surface area contributed by atoms with Gasteiger partial charge in [0.1, 0.15) is 6.10 Å². The maximum Gasteiger partial charge on any atom is 0.253 e. The van der Waals surface area contributed by atoms with Gasteiger partial charge in [-0.3, -0.25) is 4.79 Å². The maximum absolute atomic E-state index is 12.0. The van der Waals surface area contributed by atoms with Crippen LogP contribution in [-0.4, -0.2) is 17.6 Å². The van der Waals surface area contributed by atoms with Crippen molar-refractivity contribution in [3.63, 3.8) is 0 Å². The molecule has 106 valence electrons. The highest BCUT2D eigenvalue weighted by Gasteiger charge is 2.24. The van der Waals surface area contributed by atoms with E-state index in [1.807, 2.05) is 20.8 Å². The van der Waals surface area contributed by atoms with E-state index in [4.69, 9.17) is 22.1 Å². The van der Waals surface area contributed by atoms with Gasteiger partial charge in [-0.2, -0.15) is 0 Å². The Morgan fingerprint density at radius 3 is 2.74 bits per heavy atom. The summed E-state index contributed by atoms with van der Waals surface area (Å²) >= 11 is 5.87. The summed E-state index contributed by atoms with van der Waals surface area (Å²) in [7, 11) is 0. The minimum absolute atomic E-state index is 0.240. The van der Waals surface area contributed by atoms with Crippen molar-refractivity contribution < 1.29 is 9.53 Å². The fraction of sp³-hybridized carbons (Fsp3) is 0.500. The van der Waals surface area contributed by atoms with Crippen LogP contribution in [0.15, 0.2) is 18.2 Å². The average molecular weight is 285 g/mol. The minimum atomic E-state index is -0.562. The molecule has 0 radical (unpaired) electrons. The van der Waals surface area contributed by atoms with Crippen LogP contribution in [0.4, 0.5) is 11.4 Å². The molecule has 1 unspecified atom stereocenters. The lowest BCUT2D eigenvalue weighted by atomic mass is 10.1. The highest BCUT2D eigenvalue weighted by molar-refractivity contribution is 6.31. The van der Waals surface area contributed by atoms with Crippen LogP contribution < -0.4 is 11.1 Å². The molecular weight excluding hydrogens is 264 g/mol. The molecule has 4 nitrogen and oxygen atoms in total. The summed E-state index contributed by atoms with van der Waals surface area (Å²) in [5, 5.41) is 3.24. The van der Waals surface area contributed by atoms with Crippen molar-refractivity contribution in [2.24, 2.45) is 0 Å². The number of carbonyl (C=O) groups excluding carboxylic acids is 1. The maximum atomic E-state index is 12.0. The minimum Gasteiger partial charge on any atom is -0.397 e. The van der Waals surface area contributed by atoms with Gasteiger partial charge < -0.3 is 15.8 Å². The fourth-order valence-electron chi connectivity index (χ4n) is 1.49. The summed E-state index contributed by atoms with van der Waals surface area (Å²) in [4.78, 5) is 12.0. The smallest absolute Gasteiger partial charge is 0.253 e. The van der Waals surface area contributed by atoms with E-state index in [2.05, 4.69) is 5.32 Å². The van der Waals surface area contributed by atoms with Crippen molar-refractivity contribution in [3.8, 4) is 0 Å². The Morgan fingerprint density at radius 1 is 1.53 bits per heavy atom. The first-order chi connectivity index (χ1) is 8.75. The molecule has 0 saturated carbocycles. The van der Waals surface area contributed by atoms with E-state index < -0.39 is 6.10 Å². The second-order valence-corrected chi connectivity index (χ2v) is 5.53. The van der Waals surface area contributed by atoms with Crippen molar-refractivity contribution in [3.05, 3.63) is 23.2 Å². The zero-order chi connectivity index (χ0) is 14.6. The number of nitrogen functional groups attached to an aromatic ring is 1. The van der Waals surface area contributed by atoms with E-state index in [0.29, 0.717) is 16.4 Å². The monoisotopic (exact) mass is 284 g/mol. The Hall–Kier alpha value is -1.26. The molecule has 0 aromatic heterocycles. The first-order valence-corrected chi connectivity index (χ1v) is 6.66. The van der Waals surface area contributed by atoms with Crippen molar-refractivity contribution in [2.75, 3.05) is 11.1 Å². The van der Waals surface area contributed by atoms with Gasteiger partial charge in [0, 0.05) is 5.02 Å². The molecule has 0 fully saturated rings. The van der Waals surface area contributed by atoms with Gasteiger partial charge in [-0.05, 0) is 45.4 Å². The van der Waals surface area contributed by atoms with Crippen LogP contribution in [-0.2, 0) is 9.53 Å². The van der Waals surface area contributed by atoms with Gasteiger partial charge in [-0.15, -0.1) is 0 Å². The first kappa shape index (κ1) is 15.8. The third kappa shape index (κ3) is 4.73. The molecule has 0 saturated heterocycles. The van der Waals surface area contributed by atoms with Gasteiger partial charge in [0.2, 0.25) is 0 Å². The number of halogens is 1. The van der Waals surface area contributed by atoms with E-state index in [-0.39, 0.29) is 11.5 Å². The molecule has 1 aromatic rings. The normalized spacial score (nSPS) is 13.1. The standard InChI is InChI=1S/C14H21ClN2O2/c1-5-14(3,4)19-9(2)13(18)17-12-8-10(15)6-7-11(12)16/h6-9H,5,16H2,1-4H3,(H,17,18). The summed E-state index contributed by atoms with van der Waals surface area (Å²) in [6.45, 7) is 7.63. The second-order valence-electron chi connectivity index (χ2n) is 5.09. The number of benzene rings is 1. The molecule has 1 amide bonds. The molecule has 0 aliphatic heterocycles. The molecule has 19 heavy (non-hydrogen) atoms. The van der Waals surface area contributed by atoms with E-state index in [1.165, 1.54) is 0 Å². The lowest BCUT2D eigenvalue weighted by molar-refractivity contribution is -0.137. The van der Waals surface area contributed by atoms with Crippen molar-refractivity contribution in [2.45, 2.75) is 45.8 Å². The Bertz CT molecular complexity index is 461. The number of ether oxygens (including phenoxy) is 1. The van der Waals surface area contributed by atoms with Gasteiger partial charge in [0.15, 0.2) is 0 Å². The number of hydrogen-bond acceptors (Lipinski definition) is 3. The number of carbonyl (C=O) groups is 1.